The number of aromatic nitrogens is 2. The number of amides is 1. The number of carbonyl (C=O) groups is 1. The van der Waals surface area contributed by atoms with Gasteiger partial charge in [-0.3, -0.25) is 4.79 Å². The van der Waals surface area contributed by atoms with Gasteiger partial charge in [-0.1, -0.05) is 48.5 Å². The lowest BCUT2D eigenvalue weighted by Gasteiger charge is -2.26. The number of likely N-dealkylation sites (tertiary alicyclic amines) is 1. The summed E-state index contributed by atoms with van der Waals surface area (Å²) in [6.07, 6.45) is 4.74. The molecule has 1 saturated heterocycles. The summed E-state index contributed by atoms with van der Waals surface area (Å²) in [6, 6.07) is 17.9. The Hall–Kier alpha value is -3.05. The largest absolute Gasteiger partial charge is 0.328 e. The van der Waals surface area contributed by atoms with Crippen molar-refractivity contribution in [3.05, 3.63) is 83.4 Å². The number of carbonyl (C=O) groups excluding carboxylic acids is 1. The van der Waals surface area contributed by atoms with Gasteiger partial charge in [0.25, 0.3) is 5.91 Å². The van der Waals surface area contributed by atoms with Gasteiger partial charge >= 0.3 is 0 Å². The number of fused-ring (bicyclic) bond motifs is 1. The second-order valence-corrected chi connectivity index (χ2v) is 7.70. The quantitative estimate of drug-likeness (QED) is 0.747. The maximum Gasteiger partial charge on any atom is 0.255 e. The van der Waals surface area contributed by atoms with E-state index in [0.717, 1.165) is 67.1 Å². The van der Waals surface area contributed by atoms with Crippen molar-refractivity contribution in [3.8, 4) is 11.1 Å². The molecule has 0 radical (unpaired) electrons. The highest BCUT2D eigenvalue weighted by molar-refractivity contribution is 6.01. The molecular weight excluding hydrogens is 360 g/mol. The number of rotatable bonds is 3. The molecule has 1 fully saturated rings. The van der Waals surface area contributed by atoms with Crippen LogP contribution in [0.3, 0.4) is 0 Å². The lowest BCUT2D eigenvalue weighted by atomic mass is 9.98. The van der Waals surface area contributed by atoms with Crippen molar-refractivity contribution in [1.82, 2.24) is 20.2 Å². The summed E-state index contributed by atoms with van der Waals surface area (Å²) in [4.78, 5) is 25.0. The fraction of sp³-hybridized carbons (Fsp3) is 0.292. The van der Waals surface area contributed by atoms with Crippen LogP contribution in [0.4, 0.5) is 0 Å². The van der Waals surface area contributed by atoms with Gasteiger partial charge in [-0.15, -0.1) is 0 Å². The molecular formula is C24H24N4O. The van der Waals surface area contributed by atoms with Gasteiger partial charge in [0.15, 0.2) is 5.82 Å². The normalized spacial score (nSPS) is 18.5. The van der Waals surface area contributed by atoms with Crippen molar-refractivity contribution in [3.63, 3.8) is 0 Å². The zero-order valence-corrected chi connectivity index (χ0v) is 16.3. The summed E-state index contributed by atoms with van der Waals surface area (Å²) < 4.78 is 0. The Kier molecular flexibility index (Phi) is 4.82. The van der Waals surface area contributed by atoms with Gasteiger partial charge in [0, 0.05) is 49.1 Å². The van der Waals surface area contributed by atoms with Crippen molar-refractivity contribution in [1.29, 1.82) is 0 Å². The second-order valence-electron chi connectivity index (χ2n) is 7.70. The van der Waals surface area contributed by atoms with Crippen LogP contribution in [0.1, 0.15) is 46.3 Å². The number of nitrogens with one attached hydrogen (secondary N) is 1. The minimum Gasteiger partial charge on any atom is -0.328 e. The molecule has 2 aliphatic rings. The fourth-order valence-electron chi connectivity index (χ4n) is 4.38. The third-order valence-electron chi connectivity index (χ3n) is 5.88. The number of hydrogen-bond donors (Lipinski definition) is 1. The molecule has 0 unspecified atom stereocenters. The molecule has 1 atom stereocenters. The van der Waals surface area contributed by atoms with E-state index in [0.29, 0.717) is 0 Å². The molecule has 0 saturated carbocycles. The zero-order valence-electron chi connectivity index (χ0n) is 16.3. The van der Waals surface area contributed by atoms with Crippen LogP contribution in [-0.4, -0.2) is 33.9 Å². The van der Waals surface area contributed by atoms with E-state index in [1.807, 2.05) is 65.7 Å². The molecule has 1 N–H and O–H groups in total. The topological polar surface area (TPSA) is 58.1 Å². The molecule has 5 nitrogen and oxygen atoms in total. The summed E-state index contributed by atoms with van der Waals surface area (Å²) in [5, 5.41) is 3.36. The predicted molar refractivity (Wildman–Crippen MR) is 112 cm³/mol. The summed E-state index contributed by atoms with van der Waals surface area (Å²) in [5.74, 6) is 0.851. The Morgan fingerprint density at radius 2 is 1.90 bits per heavy atom. The molecule has 2 aliphatic heterocycles. The molecule has 146 valence electrons. The highest BCUT2D eigenvalue weighted by Crippen LogP contribution is 2.34. The van der Waals surface area contributed by atoms with Crippen LogP contribution in [-0.2, 0) is 13.0 Å². The van der Waals surface area contributed by atoms with Crippen LogP contribution in [0.25, 0.3) is 11.1 Å². The van der Waals surface area contributed by atoms with E-state index in [4.69, 9.17) is 4.98 Å². The molecule has 2 aromatic carbocycles. The lowest BCUT2D eigenvalue weighted by Crippen LogP contribution is -2.32. The SMILES string of the molecule is O=C(c1ccccc1-c1ccccc1)N1CCC[C@@H]1c1ncc2c(n1)CCNC2. The third kappa shape index (κ3) is 3.42. The zero-order chi connectivity index (χ0) is 19.6. The first-order valence-electron chi connectivity index (χ1n) is 10.3. The van der Waals surface area contributed by atoms with Crippen LogP contribution in [0.5, 0.6) is 0 Å². The smallest absolute Gasteiger partial charge is 0.255 e. The molecule has 3 aromatic rings. The highest BCUT2D eigenvalue weighted by atomic mass is 16.2. The Morgan fingerprint density at radius 3 is 2.79 bits per heavy atom. The molecule has 5 heteroatoms. The van der Waals surface area contributed by atoms with Crippen molar-refractivity contribution >= 4 is 5.91 Å². The standard InChI is InChI=1S/C24H24N4O/c29-24(20-10-5-4-9-19(20)17-7-2-1-3-8-17)28-14-6-11-22(28)23-26-16-18-15-25-13-12-21(18)27-23/h1-5,7-10,16,22,25H,6,11-15H2/t22-/m1/s1. The first-order valence-corrected chi connectivity index (χ1v) is 10.3. The van der Waals surface area contributed by atoms with Crippen LogP contribution in [0, 0.1) is 0 Å². The third-order valence-corrected chi connectivity index (χ3v) is 5.88. The van der Waals surface area contributed by atoms with Crippen LogP contribution in [0.2, 0.25) is 0 Å². The first kappa shape index (κ1) is 18.0. The van der Waals surface area contributed by atoms with E-state index in [1.165, 1.54) is 5.56 Å². The van der Waals surface area contributed by atoms with E-state index in [-0.39, 0.29) is 11.9 Å². The van der Waals surface area contributed by atoms with Gasteiger partial charge in [-0.25, -0.2) is 9.97 Å². The van der Waals surface area contributed by atoms with Gasteiger partial charge in [0.2, 0.25) is 0 Å². The maximum absolute atomic E-state index is 13.6. The minimum atomic E-state index is -0.0495. The Balaban J connectivity index is 1.48. The van der Waals surface area contributed by atoms with Crippen LogP contribution < -0.4 is 5.32 Å². The van der Waals surface area contributed by atoms with Crippen molar-refractivity contribution in [2.75, 3.05) is 13.1 Å². The van der Waals surface area contributed by atoms with E-state index in [1.54, 1.807) is 0 Å². The van der Waals surface area contributed by atoms with E-state index in [9.17, 15) is 4.79 Å². The first-order chi connectivity index (χ1) is 14.3. The molecule has 29 heavy (non-hydrogen) atoms. The lowest BCUT2D eigenvalue weighted by molar-refractivity contribution is 0.0730. The van der Waals surface area contributed by atoms with Crippen LogP contribution in [0.15, 0.2) is 60.8 Å². The Bertz CT molecular complexity index is 1030. The molecule has 0 bridgehead atoms. The van der Waals surface area contributed by atoms with Gasteiger partial charge in [0.05, 0.1) is 6.04 Å². The Labute approximate surface area is 170 Å². The van der Waals surface area contributed by atoms with Crippen LogP contribution >= 0.6 is 0 Å². The molecule has 5 rings (SSSR count). The molecule has 1 aromatic heterocycles. The fourth-order valence-corrected chi connectivity index (χ4v) is 4.38. The number of nitrogens with zero attached hydrogens (tertiary/aromatic N) is 3. The minimum absolute atomic E-state index is 0.0495. The summed E-state index contributed by atoms with van der Waals surface area (Å²) in [5.41, 5.74) is 5.07. The highest BCUT2D eigenvalue weighted by Gasteiger charge is 2.34. The molecule has 3 heterocycles. The van der Waals surface area contributed by atoms with Crippen molar-refractivity contribution in [2.45, 2.75) is 31.8 Å². The predicted octanol–water partition coefficient (Wildman–Crippen LogP) is 3.77. The molecule has 1 amide bonds. The average molecular weight is 384 g/mol. The van der Waals surface area contributed by atoms with Gasteiger partial charge < -0.3 is 10.2 Å². The van der Waals surface area contributed by atoms with E-state index in [2.05, 4.69) is 10.3 Å². The average Bonchev–Trinajstić information content (AvgIpc) is 3.29. The molecule has 0 aliphatic carbocycles. The summed E-state index contributed by atoms with van der Waals surface area (Å²) in [7, 11) is 0. The second kappa shape index (κ2) is 7.76. The monoisotopic (exact) mass is 384 g/mol. The van der Waals surface area contributed by atoms with Crippen molar-refractivity contribution < 1.29 is 4.79 Å². The van der Waals surface area contributed by atoms with E-state index >= 15 is 0 Å². The van der Waals surface area contributed by atoms with Crippen molar-refractivity contribution in [2.24, 2.45) is 0 Å². The van der Waals surface area contributed by atoms with Gasteiger partial charge in [0.1, 0.15) is 0 Å². The Morgan fingerprint density at radius 1 is 1.07 bits per heavy atom. The summed E-state index contributed by atoms with van der Waals surface area (Å²) in [6.45, 7) is 2.52. The number of benzene rings is 2. The van der Waals surface area contributed by atoms with E-state index < -0.39 is 0 Å². The molecule has 0 spiro atoms. The van der Waals surface area contributed by atoms with Gasteiger partial charge in [-0.05, 0) is 30.0 Å². The van der Waals surface area contributed by atoms with Gasteiger partial charge in [-0.2, -0.15) is 0 Å². The number of hydrogen-bond acceptors (Lipinski definition) is 4. The summed E-state index contributed by atoms with van der Waals surface area (Å²) >= 11 is 0. The maximum atomic E-state index is 13.6.